The Balaban J connectivity index is 2.22. The van der Waals surface area contributed by atoms with Crippen LogP contribution in [0.3, 0.4) is 0 Å². The van der Waals surface area contributed by atoms with E-state index < -0.39 is 11.9 Å². The van der Waals surface area contributed by atoms with E-state index in [1.807, 2.05) is 13.8 Å². The second-order valence-electron chi connectivity index (χ2n) is 4.41. The number of anilines is 1. The van der Waals surface area contributed by atoms with Crippen LogP contribution in [0.25, 0.3) is 0 Å². The molecule has 1 amide bonds. The van der Waals surface area contributed by atoms with Crippen LogP contribution in [0.5, 0.6) is 0 Å². The van der Waals surface area contributed by atoms with Gasteiger partial charge in [-0.1, -0.05) is 13.8 Å². The number of hydrogen-bond donors (Lipinski definition) is 2. The molecule has 0 bridgehead atoms. The van der Waals surface area contributed by atoms with Crippen LogP contribution in [-0.2, 0) is 16.1 Å². The molecule has 0 fully saturated rings. The topological polar surface area (TPSA) is 97.1 Å². The van der Waals surface area contributed by atoms with Crippen LogP contribution in [-0.4, -0.2) is 31.7 Å². The molecule has 0 aliphatic carbocycles. The molecule has 7 nitrogen and oxygen atoms in total. The Bertz CT molecular complexity index is 466. The summed E-state index contributed by atoms with van der Waals surface area (Å²) in [7, 11) is 0. The van der Waals surface area contributed by atoms with Gasteiger partial charge >= 0.3 is 5.97 Å². The van der Waals surface area contributed by atoms with Crippen molar-refractivity contribution in [3.63, 3.8) is 0 Å². The van der Waals surface area contributed by atoms with Crippen molar-refractivity contribution in [2.24, 2.45) is 5.92 Å². The third-order valence-corrected chi connectivity index (χ3v) is 2.62. The van der Waals surface area contributed by atoms with Crippen LogP contribution in [0.2, 0.25) is 0 Å². The van der Waals surface area contributed by atoms with E-state index in [1.165, 1.54) is 0 Å². The van der Waals surface area contributed by atoms with E-state index in [1.54, 1.807) is 4.68 Å². The van der Waals surface area contributed by atoms with Gasteiger partial charge in [-0.3, -0.25) is 14.9 Å². The molecule has 0 spiro atoms. The molecule has 1 aromatic heterocycles. The number of aliphatic carboxylic acids is 1. The van der Waals surface area contributed by atoms with Crippen LogP contribution >= 0.6 is 0 Å². The molecule has 0 saturated heterocycles. The zero-order valence-corrected chi connectivity index (χ0v) is 9.67. The van der Waals surface area contributed by atoms with Gasteiger partial charge < -0.3 is 5.11 Å². The van der Waals surface area contributed by atoms with E-state index in [0.717, 1.165) is 0 Å². The maximum atomic E-state index is 11.6. The van der Waals surface area contributed by atoms with Gasteiger partial charge in [0.2, 0.25) is 11.9 Å². The van der Waals surface area contributed by atoms with Gasteiger partial charge in [-0.2, -0.15) is 10.1 Å². The number of nitrogens with zero attached hydrogens (tertiary/aromatic N) is 3. The molecule has 1 aliphatic rings. The summed E-state index contributed by atoms with van der Waals surface area (Å²) in [4.78, 5) is 26.4. The lowest BCUT2D eigenvalue weighted by atomic mass is 10.0. The first-order chi connectivity index (χ1) is 7.97. The lowest BCUT2D eigenvalue weighted by molar-refractivity contribution is -0.140. The standard InChI is InChI=1S/C10H14N4O3/c1-5(2)8-11-10-12-9(17)6(3-7(15)16)4-14(10)13-8/h5-6H,3-4H2,1-2H3,(H,15,16)(H,11,12,13,17). The van der Waals surface area contributed by atoms with Crippen molar-refractivity contribution in [2.75, 3.05) is 5.32 Å². The lowest BCUT2D eigenvalue weighted by Crippen LogP contribution is -2.35. The predicted molar refractivity (Wildman–Crippen MR) is 58.5 cm³/mol. The van der Waals surface area contributed by atoms with Gasteiger partial charge in [-0.25, -0.2) is 4.68 Å². The van der Waals surface area contributed by atoms with Crippen LogP contribution in [0.4, 0.5) is 5.95 Å². The van der Waals surface area contributed by atoms with Gasteiger partial charge in [0.25, 0.3) is 0 Å². The number of carboxylic acid groups (broad SMARTS) is 1. The molecule has 1 atom stereocenters. The molecule has 2 heterocycles. The molecule has 2 rings (SSSR count). The SMILES string of the molecule is CC(C)c1nc2n(n1)CC(CC(=O)O)C(=O)N2. The number of fused-ring (bicyclic) bond motifs is 1. The average Bonchev–Trinajstić information content (AvgIpc) is 2.60. The van der Waals surface area contributed by atoms with Crippen molar-refractivity contribution in [3.05, 3.63) is 5.82 Å². The smallest absolute Gasteiger partial charge is 0.304 e. The first-order valence-corrected chi connectivity index (χ1v) is 5.44. The molecule has 17 heavy (non-hydrogen) atoms. The van der Waals surface area contributed by atoms with E-state index in [2.05, 4.69) is 15.4 Å². The van der Waals surface area contributed by atoms with Crippen LogP contribution in [0.1, 0.15) is 32.0 Å². The summed E-state index contributed by atoms with van der Waals surface area (Å²) in [6.45, 7) is 4.18. The molecule has 1 aromatic rings. The number of aromatic nitrogens is 3. The van der Waals surface area contributed by atoms with E-state index in [9.17, 15) is 9.59 Å². The van der Waals surface area contributed by atoms with Gasteiger partial charge in [0.05, 0.1) is 18.9 Å². The molecule has 92 valence electrons. The summed E-state index contributed by atoms with van der Waals surface area (Å²) in [6.07, 6.45) is -0.192. The minimum atomic E-state index is -0.988. The number of carboxylic acids is 1. The number of rotatable bonds is 3. The third kappa shape index (κ3) is 2.27. The first-order valence-electron chi connectivity index (χ1n) is 5.44. The fraction of sp³-hybridized carbons (Fsp3) is 0.600. The second kappa shape index (κ2) is 4.15. The largest absolute Gasteiger partial charge is 0.481 e. The molecule has 0 saturated carbocycles. The number of nitrogens with one attached hydrogen (secondary N) is 1. The third-order valence-electron chi connectivity index (χ3n) is 2.62. The van der Waals surface area contributed by atoms with Crippen molar-refractivity contribution in [1.29, 1.82) is 0 Å². The Kier molecular flexibility index (Phi) is 2.83. The lowest BCUT2D eigenvalue weighted by Gasteiger charge is -2.20. The molecular formula is C10H14N4O3. The van der Waals surface area contributed by atoms with Crippen LogP contribution in [0.15, 0.2) is 0 Å². The minimum absolute atomic E-state index is 0.169. The maximum absolute atomic E-state index is 11.6. The maximum Gasteiger partial charge on any atom is 0.304 e. The van der Waals surface area contributed by atoms with Gasteiger partial charge in [0, 0.05) is 5.92 Å². The molecule has 1 unspecified atom stereocenters. The minimum Gasteiger partial charge on any atom is -0.481 e. The van der Waals surface area contributed by atoms with Crippen molar-refractivity contribution in [2.45, 2.75) is 32.7 Å². The Morgan fingerprint density at radius 1 is 1.65 bits per heavy atom. The molecule has 0 aromatic carbocycles. The van der Waals surface area contributed by atoms with Crippen molar-refractivity contribution in [1.82, 2.24) is 14.8 Å². The number of amides is 1. The van der Waals surface area contributed by atoms with Gasteiger partial charge in [-0.15, -0.1) is 0 Å². The Hall–Kier alpha value is -1.92. The Labute approximate surface area is 97.8 Å². The second-order valence-corrected chi connectivity index (χ2v) is 4.41. The van der Waals surface area contributed by atoms with E-state index in [-0.39, 0.29) is 24.8 Å². The fourth-order valence-electron chi connectivity index (χ4n) is 1.70. The fourth-order valence-corrected chi connectivity index (χ4v) is 1.70. The summed E-state index contributed by atoms with van der Waals surface area (Å²) in [5, 5.41) is 15.5. The summed E-state index contributed by atoms with van der Waals surface area (Å²) in [5.74, 6) is -0.651. The summed E-state index contributed by atoms with van der Waals surface area (Å²) < 4.78 is 1.56. The summed E-state index contributed by atoms with van der Waals surface area (Å²) in [6, 6.07) is 0. The van der Waals surface area contributed by atoms with E-state index >= 15 is 0 Å². The van der Waals surface area contributed by atoms with Crippen molar-refractivity contribution >= 4 is 17.8 Å². The monoisotopic (exact) mass is 238 g/mol. The highest BCUT2D eigenvalue weighted by Gasteiger charge is 2.30. The number of hydrogen-bond acceptors (Lipinski definition) is 4. The van der Waals surface area contributed by atoms with Crippen LogP contribution < -0.4 is 5.32 Å². The van der Waals surface area contributed by atoms with Crippen molar-refractivity contribution in [3.8, 4) is 0 Å². The van der Waals surface area contributed by atoms with Gasteiger partial charge in [0.1, 0.15) is 0 Å². The number of carbonyl (C=O) groups excluding carboxylic acids is 1. The average molecular weight is 238 g/mol. The van der Waals surface area contributed by atoms with Crippen molar-refractivity contribution < 1.29 is 14.7 Å². The molecular weight excluding hydrogens is 224 g/mol. The van der Waals surface area contributed by atoms with Gasteiger partial charge in [-0.05, 0) is 0 Å². The highest BCUT2D eigenvalue weighted by Crippen LogP contribution is 2.21. The Morgan fingerprint density at radius 2 is 2.35 bits per heavy atom. The quantitative estimate of drug-likeness (QED) is 0.796. The molecule has 0 radical (unpaired) electrons. The summed E-state index contributed by atoms with van der Waals surface area (Å²) in [5.41, 5.74) is 0. The number of carbonyl (C=O) groups is 2. The van der Waals surface area contributed by atoms with E-state index in [4.69, 9.17) is 5.11 Å². The zero-order valence-electron chi connectivity index (χ0n) is 9.67. The molecule has 7 heteroatoms. The molecule has 1 aliphatic heterocycles. The normalized spacial score (nSPS) is 19.0. The Morgan fingerprint density at radius 3 is 2.94 bits per heavy atom. The highest BCUT2D eigenvalue weighted by molar-refractivity contribution is 5.94. The van der Waals surface area contributed by atoms with Gasteiger partial charge in [0.15, 0.2) is 5.82 Å². The predicted octanol–water partition coefficient (Wildman–Crippen LogP) is 0.444. The van der Waals surface area contributed by atoms with Crippen LogP contribution in [0, 0.1) is 5.92 Å². The van der Waals surface area contributed by atoms with E-state index in [0.29, 0.717) is 11.8 Å². The summed E-state index contributed by atoms with van der Waals surface area (Å²) >= 11 is 0. The first kappa shape index (κ1) is 11.6. The molecule has 2 N–H and O–H groups in total. The highest BCUT2D eigenvalue weighted by atomic mass is 16.4. The zero-order chi connectivity index (χ0) is 12.6.